The van der Waals surface area contributed by atoms with Crippen LogP contribution in [0.25, 0.3) is 0 Å². The van der Waals surface area contributed by atoms with Crippen LogP contribution in [0.1, 0.15) is 18.5 Å². The predicted octanol–water partition coefficient (Wildman–Crippen LogP) is 0.993. The molecule has 1 N–H and O–H groups in total. The standard InChI is InChI=1S/C11H17N3O/c1-2-11(14-13-5-1)9-12-8-10-3-6-15-7-4-10/h1-2,5,10,12H,3-4,6-9H2. The molecule has 82 valence electrons. The molecule has 0 saturated carbocycles. The van der Waals surface area contributed by atoms with Crippen molar-refractivity contribution in [2.75, 3.05) is 19.8 Å². The molecule has 0 atom stereocenters. The fourth-order valence-corrected chi connectivity index (χ4v) is 1.78. The molecule has 1 aromatic heterocycles. The highest BCUT2D eigenvalue weighted by Gasteiger charge is 2.12. The second kappa shape index (κ2) is 5.78. The molecule has 2 heterocycles. The van der Waals surface area contributed by atoms with Crippen LogP contribution < -0.4 is 5.32 Å². The van der Waals surface area contributed by atoms with Crippen molar-refractivity contribution < 1.29 is 4.74 Å². The van der Waals surface area contributed by atoms with Gasteiger partial charge < -0.3 is 10.1 Å². The smallest absolute Gasteiger partial charge is 0.0768 e. The van der Waals surface area contributed by atoms with Gasteiger partial charge in [0.1, 0.15) is 0 Å². The molecule has 1 aliphatic rings. The summed E-state index contributed by atoms with van der Waals surface area (Å²) < 4.78 is 5.31. The molecule has 4 heteroatoms. The molecule has 0 spiro atoms. The first-order valence-electron chi connectivity index (χ1n) is 5.50. The third kappa shape index (κ3) is 3.57. The summed E-state index contributed by atoms with van der Waals surface area (Å²) in [4.78, 5) is 0. The number of rotatable bonds is 4. The van der Waals surface area contributed by atoms with Crippen LogP contribution in [0, 0.1) is 5.92 Å². The Bertz CT molecular complexity index is 272. The Balaban J connectivity index is 1.66. The van der Waals surface area contributed by atoms with Gasteiger partial charge in [0.2, 0.25) is 0 Å². The van der Waals surface area contributed by atoms with Gasteiger partial charge in [-0.05, 0) is 37.4 Å². The molecule has 0 bridgehead atoms. The number of nitrogens with one attached hydrogen (secondary N) is 1. The van der Waals surface area contributed by atoms with Crippen molar-refractivity contribution in [2.45, 2.75) is 19.4 Å². The summed E-state index contributed by atoms with van der Waals surface area (Å²) in [5.41, 5.74) is 1.00. The molecule has 1 aliphatic heterocycles. The van der Waals surface area contributed by atoms with Crippen molar-refractivity contribution in [1.29, 1.82) is 0 Å². The Hall–Kier alpha value is -1.00. The molecule has 1 aromatic rings. The lowest BCUT2D eigenvalue weighted by Crippen LogP contribution is -2.27. The van der Waals surface area contributed by atoms with E-state index in [-0.39, 0.29) is 0 Å². The van der Waals surface area contributed by atoms with Crippen molar-refractivity contribution in [1.82, 2.24) is 15.5 Å². The second-order valence-corrected chi connectivity index (χ2v) is 3.90. The number of hydrogen-bond acceptors (Lipinski definition) is 4. The van der Waals surface area contributed by atoms with Gasteiger partial charge in [-0.1, -0.05) is 0 Å². The summed E-state index contributed by atoms with van der Waals surface area (Å²) in [5.74, 6) is 0.760. The van der Waals surface area contributed by atoms with E-state index in [0.29, 0.717) is 0 Å². The fraction of sp³-hybridized carbons (Fsp3) is 0.636. The van der Waals surface area contributed by atoms with Gasteiger partial charge in [0.05, 0.1) is 5.69 Å². The van der Waals surface area contributed by atoms with E-state index in [2.05, 4.69) is 15.5 Å². The van der Waals surface area contributed by atoms with Crippen molar-refractivity contribution in [3.8, 4) is 0 Å². The minimum absolute atomic E-state index is 0.760. The van der Waals surface area contributed by atoms with E-state index in [1.165, 1.54) is 12.8 Å². The lowest BCUT2D eigenvalue weighted by atomic mass is 10.0. The highest BCUT2D eigenvalue weighted by Crippen LogP contribution is 2.13. The molecule has 0 amide bonds. The van der Waals surface area contributed by atoms with E-state index >= 15 is 0 Å². The zero-order valence-corrected chi connectivity index (χ0v) is 8.85. The van der Waals surface area contributed by atoms with Gasteiger partial charge in [-0.15, -0.1) is 0 Å². The molecule has 0 aromatic carbocycles. The third-order valence-corrected chi connectivity index (χ3v) is 2.71. The van der Waals surface area contributed by atoms with E-state index in [9.17, 15) is 0 Å². The molecule has 0 radical (unpaired) electrons. The van der Waals surface area contributed by atoms with Gasteiger partial charge in [-0.25, -0.2) is 0 Å². The van der Waals surface area contributed by atoms with Crippen molar-refractivity contribution in [3.05, 3.63) is 24.0 Å². The predicted molar refractivity (Wildman–Crippen MR) is 57.3 cm³/mol. The molecule has 15 heavy (non-hydrogen) atoms. The van der Waals surface area contributed by atoms with E-state index in [1.807, 2.05) is 12.1 Å². The maximum atomic E-state index is 5.31. The molecule has 0 unspecified atom stereocenters. The minimum Gasteiger partial charge on any atom is -0.381 e. The summed E-state index contributed by atoms with van der Waals surface area (Å²) in [6.07, 6.45) is 4.04. The Morgan fingerprint density at radius 3 is 3.00 bits per heavy atom. The van der Waals surface area contributed by atoms with E-state index in [1.54, 1.807) is 6.20 Å². The van der Waals surface area contributed by atoms with E-state index in [4.69, 9.17) is 4.74 Å². The average molecular weight is 207 g/mol. The lowest BCUT2D eigenvalue weighted by molar-refractivity contribution is 0.0662. The monoisotopic (exact) mass is 207 g/mol. The number of aromatic nitrogens is 2. The minimum atomic E-state index is 0.760. The Kier molecular flexibility index (Phi) is 4.05. The number of ether oxygens (including phenoxy) is 1. The quantitative estimate of drug-likeness (QED) is 0.800. The molecule has 0 aliphatic carbocycles. The van der Waals surface area contributed by atoms with Crippen molar-refractivity contribution in [3.63, 3.8) is 0 Å². The third-order valence-electron chi connectivity index (χ3n) is 2.71. The molecule has 1 saturated heterocycles. The van der Waals surface area contributed by atoms with Crippen LogP contribution in [0.15, 0.2) is 18.3 Å². The van der Waals surface area contributed by atoms with Crippen molar-refractivity contribution >= 4 is 0 Å². The topological polar surface area (TPSA) is 47.0 Å². The zero-order chi connectivity index (χ0) is 10.3. The van der Waals surface area contributed by atoms with Gasteiger partial charge in [0.25, 0.3) is 0 Å². The molecule has 2 rings (SSSR count). The van der Waals surface area contributed by atoms with Gasteiger partial charge in [-0.3, -0.25) is 0 Å². The normalized spacial score (nSPS) is 17.9. The summed E-state index contributed by atoms with van der Waals surface area (Å²) in [6.45, 7) is 3.69. The summed E-state index contributed by atoms with van der Waals surface area (Å²) >= 11 is 0. The van der Waals surface area contributed by atoms with Gasteiger partial charge in [-0.2, -0.15) is 10.2 Å². The number of nitrogens with zero attached hydrogens (tertiary/aromatic N) is 2. The summed E-state index contributed by atoms with van der Waals surface area (Å²) in [6, 6.07) is 3.91. The van der Waals surface area contributed by atoms with Crippen LogP contribution in [0.5, 0.6) is 0 Å². The largest absolute Gasteiger partial charge is 0.381 e. The van der Waals surface area contributed by atoms with Crippen LogP contribution in [0.3, 0.4) is 0 Å². The van der Waals surface area contributed by atoms with E-state index in [0.717, 1.165) is 37.9 Å². The first-order chi connectivity index (χ1) is 7.45. The second-order valence-electron chi connectivity index (χ2n) is 3.90. The Morgan fingerprint density at radius 1 is 1.40 bits per heavy atom. The summed E-state index contributed by atoms with van der Waals surface area (Å²) in [5, 5.41) is 11.3. The molecular weight excluding hydrogens is 190 g/mol. The molecule has 4 nitrogen and oxygen atoms in total. The Labute approximate surface area is 90.1 Å². The Morgan fingerprint density at radius 2 is 2.27 bits per heavy atom. The van der Waals surface area contributed by atoms with Crippen molar-refractivity contribution in [2.24, 2.45) is 5.92 Å². The maximum absolute atomic E-state index is 5.31. The van der Waals surface area contributed by atoms with Crippen LogP contribution in [0.4, 0.5) is 0 Å². The summed E-state index contributed by atoms with van der Waals surface area (Å²) in [7, 11) is 0. The fourth-order valence-electron chi connectivity index (χ4n) is 1.78. The highest BCUT2D eigenvalue weighted by atomic mass is 16.5. The number of hydrogen-bond donors (Lipinski definition) is 1. The van der Waals surface area contributed by atoms with Crippen LogP contribution in [-0.2, 0) is 11.3 Å². The van der Waals surface area contributed by atoms with Crippen LogP contribution >= 0.6 is 0 Å². The molecule has 1 fully saturated rings. The first kappa shape index (κ1) is 10.5. The zero-order valence-electron chi connectivity index (χ0n) is 8.85. The molecular formula is C11H17N3O. The van der Waals surface area contributed by atoms with Gasteiger partial charge in [0, 0.05) is 26.0 Å². The highest BCUT2D eigenvalue weighted by molar-refractivity contribution is 4.98. The lowest BCUT2D eigenvalue weighted by Gasteiger charge is -2.22. The van der Waals surface area contributed by atoms with E-state index < -0.39 is 0 Å². The van der Waals surface area contributed by atoms with Crippen LogP contribution in [0.2, 0.25) is 0 Å². The average Bonchev–Trinajstić information content (AvgIpc) is 2.32. The van der Waals surface area contributed by atoms with Gasteiger partial charge >= 0.3 is 0 Å². The van der Waals surface area contributed by atoms with Crippen LogP contribution in [-0.4, -0.2) is 30.0 Å². The van der Waals surface area contributed by atoms with Gasteiger partial charge in [0.15, 0.2) is 0 Å². The SMILES string of the molecule is c1cnnc(CNCC2CCOCC2)c1. The maximum Gasteiger partial charge on any atom is 0.0768 e. The first-order valence-corrected chi connectivity index (χ1v) is 5.50.